The van der Waals surface area contributed by atoms with Crippen LogP contribution in [0.3, 0.4) is 0 Å². The van der Waals surface area contributed by atoms with Gasteiger partial charge in [0.15, 0.2) is 0 Å². The minimum absolute atomic E-state index is 0.154. The van der Waals surface area contributed by atoms with Crippen LogP contribution in [0.5, 0.6) is 0 Å². The van der Waals surface area contributed by atoms with Crippen molar-refractivity contribution in [3.8, 4) is 0 Å². The van der Waals surface area contributed by atoms with Gasteiger partial charge in [-0.15, -0.1) is 11.8 Å². The van der Waals surface area contributed by atoms with Gasteiger partial charge in [0, 0.05) is 43.8 Å². The molecule has 0 radical (unpaired) electrons. The topological polar surface area (TPSA) is 45.7 Å². The van der Waals surface area contributed by atoms with Gasteiger partial charge in [0.2, 0.25) is 5.91 Å². The third kappa shape index (κ3) is 4.46. The van der Waals surface area contributed by atoms with Crippen LogP contribution in [-0.4, -0.2) is 60.1 Å². The predicted octanol–water partition coefficient (Wildman–Crippen LogP) is 2.16. The molecule has 1 aromatic heterocycles. The maximum Gasteiger partial charge on any atom is 0.238 e. The van der Waals surface area contributed by atoms with Gasteiger partial charge < -0.3 is 9.64 Å². The number of hydrogen-bond acceptors (Lipinski definition) is 5. The van der Waals surface area contributed by atoms with E-state index < -0.39 is 0 Å². The number of pyridine rings is 1. The van der Waals surface area contributed by atoms with Crippen LogP contribution in [-0.2, 0) is 16.1 Å². The second-order valence-electron chi connectivity index (χ2n) is 6.27. The molecule has 3 heterocycles. The highest BCUT2D eigenvalue weighted by molar-refractivity contribution is 8.00. The van der Waals surface area contributed by atoms with E-state index in [0.29, 0.717) is 18.4 Å². The number of carbonyl (C=O) groups is 1. The fourth-order valence-corrected chi connectivity index (χ4v) is 4.05. The van der Waals surface area contributed by atoms with Crippen molar-refractivity contribution in [3.63, 3.8) is 0 Å². The Morgan fingerprint density at radius 2 is 2.35 bits per heavy atom. The van der Waals surface area contributed by atoms with Crippen LogP contribution in [0.2, 0.25) is 0 Å². The fraction of sp³-hybridized carbons (Fsp3) is 0.647. The molecule has 1 fully saturated rings. The number of aromatic nitrogens is 1. The number of hydrogen-bond donors (Lipinski definition) is 0. The normalized spacial score (nSPS) is 22.5. The molecule has 2 aliphatic heterocycles. The number of anilines is 1. The molecule has 1 amide bonds. The van der Waals surface area contributed by atoms with Gasteiger partial charge in [-0.3, -0.25) is 9.69 Å². The summed E-state index contributed by atoms with van der Waals surface area (Å²) in [6, 6.07) is 4.00. The number of rotatable bonds is 4. The van der Waals surface area contributed by atoms with Crippen molar-refractivity contribution < 1.29 is 9.53 Å². The highest BCUT2D eigenvalue weighted by atomic mass is 32.2. The average Bonchev–Trinajstić information content (AvgIpc) is 2.74. The monoisotopic (exact) mass is 335 g/mol. The Hall–Kier alpha value is -1.11. The molecule has 1 atom stereocenters. The quantitative estimate of drug-likeness (QED) is 0.844. The van der Waals surface area contributed by atoms with Crippen molar-refractivity contribution in [2.45, 2.75) is 31.9 Å². The van der Waals surface area contributed by atoms with Crippen molar-refractivity contribution in [3.05, 3.63) is 23.9 Å². The van der Waals surface area contributed by atoms with Crippen molar-refractivity contribution in [1.82, 2.24) is 9.88 Å². The first kappa shape index (κ1) is 16.7. The summed E-state index contributed by atoms with van der Waals surface area (Å²) in [5, 5.41) is 0. The molecule has 3 rings (SSSR count). The third-order valence-electron chi connectivity index (χ3n) is 4.37. The van der Waals surface area contributed by atoms with E-state index in [1.165, 1.54) is 12.8 Å². The summed E-state index contributed by atoms with van der Waals surface area (Å²) in [6.07, 6.45) is 5.63. The minimum atomic E-state index is 0.154. The molecule has 5 nitrogen and oxygen atoms in total. The lowest BCUT2D eigenvalue weighted by Crippen LogP contribution is -2.37. The van der Waals surface area contributed by atoms with Gasteiger partial charge in [0.25, 0.3) is 0 Å². The zero-order valence-corrected chi connectivity index (χ0v) is 14.6. The van der Waals surface area contributed by atoms with Crippen LogP contribution in [0.1, 0.15) is 24.8 Å². The van der Waals surface area contributed by atoms with E-state index in [2.05, 4.69) is 23.0 Å². The predicted molar refractivity (Wildman–Crippen MR) is 93.8 cm³/mol. The first-order chi connectivity index (χ1) is 11.2. The molecule has 1 aromatic rings. The van der Waals surface area contributed by atoms with E-state index >= 15 is 0 Å². The lowest BCUT2D eigenvalue weighted by Gasteiger charge is -2.24. The van der Waals surface area contributed by atoms with Gasteiger partial charge in [-0.25, -0.2) is 4.98 Å². The van der Waals surface area contributed by atoms with E-state index in [9.17, 15) is 4.79 Å². The Kier molecular flexibility index (Phi) is 5.91. The van der Waals surface area contributed by atoms with Crippen LogP contribution >= 0.6 is 11.8 Å². The fourth-order valence-electron chi connectivity index (χ4n) is 3.08. The molecule has 6 heteroatoms. The van der Waals surface area contributed by atoms with Crippen molar-refractivity contribution >= 4 is 23.5 Å². The summed E-state index contributed by atoms with van der Waals surface area (Å²) in [5.74, 6) is 2.39. The summed E-state index contributed by atoms with van der Waals surface area (Å²) in [6.45, 7) is 3.29. The Bertz CT molecular complexity index is 534. The molecule has 0 N–H and O–H groups in total. The largest absolute Gasteiger partial charge is 0.377 e. The van der Waals surface area contributed by atoms with Gasteiger partial charge in [-0.2, -0.15) is 0 Å². The van der Waals surface area contributed by atoms with Crippen LogP contribution in [0.25, 0.3) is 0 Å². The molecule has 0 aromatic carbocycles. The van der Waals surface area contributed by atoms with Gasteiger partial charge in [-0.1, -0.05) is 6.07 Å². The molecule has 0 saturated carbocycles. The zero-order chi connectivity index (χ0) is 16.1. The summed E-state index contributed by atoms with van der Waals surface area (Å²) < 4.78 is 5.73. The second-order valence-corrected chi connectivity index (χ2v) is 7.30. The molecule has 2 aliphatic rings. The van der Waals surface area contributed by atoms with Crippen LogP contribution in [0, 0.1) is 0 Å². The number of ether oxygens (including phenoxy) is 1. The van der Waals surface area contributed by atoms with Gasteiger partial charge in [-0.05, 0) is 32.4 Å². The average molecular weight is 335 g/mol. The first-order valence-electron chi connectivity index (χ1n) is 8.36. The Morgan fingerprint density at radius 3 is 3.17 bits per heavy atom. The standard InChI is InChI=1S/C17H25N3O2S/c1-19-8-9-20(17-14(11-19)5-4-7-18-17)16(21)13-23-12-15-6-2-3-10-22-15/h4-5,7,15H,2-3,6,8-13H2,1H3. The summed E-state index contributed by atoms with van der Waals surface area (Å²) in [4.78, 5) is 21.2. The molecule has 23 heavy (non-hydrogen) atoms. The number of nitrogens with zero attached hydrogens (tertiary/aromatic N) is 3. The lowest BCUT2D eigenvalue weighted by molar-refractivity contribution is -0.116. The number of thioether (sulfide) groups is 1. The van der Waals surface area contributed by atoms with Crippen molar-refractivity contribution in [2.75, 3.05) is 43.1 Å². The van der Waals surface area contributed by atoms with E-state index in [-0.39, 0.29) is 5.91 Å². The van der Waals surface area contributed by atoms with E-state index in [1.807, 2.05) is 11.0 Å². The lowest BCUT2D eigenvalue weighted by atomic mass is 10.1. The van der Waals surface area contributed by atoms with E-state index in [4.69, 9.17) is 4.74 Å². The summed E-state index contributed by atoms with van der Waals surface area (Å²) in [5.41, 5.74) is 1.13. The van der Waals surface area contributed by atoms with Crippen molar-refractivity contribution in [2.24, 2.45) is 0 Å². The van der Waals surface area contributed by atoms with Crippen LogP contribution in [0.4, 0.5) is 5.82 Å². The summed E-state index contributed by atoms with van der Waals surface area (Å²) >= 11 is 1.69. The molecular formula is C17H25N3O2S. The molecule has 1 unspecified atom stereocenters. The SMILES string of the molecule is CN1CCN(C(=O)CSCC2CCCCO2)c2ncccc2C1. The number of amides is 1. The Labute approximate surface area is 142 Å². The highest BCUT2D eigenvalue weighted by Gasteiger charge is 2.24. The van der Waals surface area contributed by atoms with Gasteiger partial charge in [0.1, 0.15) is 5.82 Å². The number of likely N-dealkylation sites (N-methyl/N-ethyl adjacent to an activating group) is 1. The second kappa shape index (κ2) is 8.13. The highest BCUT2D eigenvalue weighted by Crippen LogP contribution is 2.23. The van der Waals surface area contributed by atoms with Gasteiger partial charge >= 0.3 is 0 Å². The smallest absolute Gasteiger partial charge is 0.238 e. The van der Waals surface area contributed by atoms with E-state index in [1.54, 1.807) is 18.0 Å². The van der Waals surface area contributed by atoms with Crippen LogP contribution < -0.4 is 4.90 Å². The van der Waals surface area contributed by atoms with Crippen LogP contribution in [0.15, 0.2) is 18.3 Å². The molecular weight excluding hydrogens is 310 g/mol. The number of fused-ring (bicyclic) bond motifs is 1. The Morgan fingerprint density at radius 1 is 1.43 bits per heavy atom. The Balaban J connectivity index is 1.58. The van der Waals surface area contributed by atoms with E-state index in [0.717, 1.165) is 43.3 Å². The third-order valence-corrected chi connectivity index (χ3v) is 5.43. The zero-order valence-electron chi connectivity index (χ0n) is 13.7. The summed E-state index contributed by atoms with van der Waals surface area (Å²) in [7, 11) is 2.08. The first-order valence-corrected chi connectivity index (χ1v) is 9.51. The maximum absolute atomic E-state index is 12.7. The molecule has 0 spiro atoms. The molecule has 0 bridgehead atoms. The minimum Gasteiger partial charge on any atom is -0.377 e. The van der Waals surface area contributed by atoms with Gasteiger partial charge in [0.05, 0.1) is 11.9 Å². The maximum atomic E-state index is 12.7. The molecule has 0 aliphatic carbocycles. The van der Waals surface area contributed by atoms with Crippen molar-refractivity contribution in [1.29, 1.82) is 0 Å². The number of carbonyl (C=O) groups excluding carboxylic acids is 1. The molecule has 126 valence electrons. The molecule has 1 saturated heterocycles.